The lowest BCUT2D eigenvalue weighted by molar-refractivity contribution is 0.355. The second-order valence-electron chi connectivity index (χ2n) is 5.76. The van der Waals surface area contributed by atoms with Gasteiger partial charge in [-0.15, -0.1) is 0 Å². The zero-order chi connectivity index (χ0) is 18.2. The minimum atomic E-state index is -3.29. The van der Waals surface area contributed by atoms with Gasteiger partial charge in [0.05, 0.1) is 30.9 Å². The van der Waals surface area contributed by atoms with Crippen LogP contribution in [0.25, 0.3) is 10.9 Å². The van der Waals surface area contributed by atoms with Crippen molar-refractivity contribution in [1.82, 2.24) is 13.9 Å². The maximum absolute atomic E-state index is 12.9. The normalized spacial score (nSPS) is 15.6. The summed E-state index contributed by atoms with van der Waals surface area (Å²) in [7, 11) is -0.266. The van der Waals surface area contributed by atoms with Gasteiger partial charge in [0.25, 0.3) is 5.56 Å². The summed E-state index contributed by atoms with van der Waals surface area (Å²) in [5, 5.41) is 0.424. The zero-order valence-electron chi connectivity index (χ0n) is 14.5. The van der Waals surface area contributed by atoms with E-state index < -0.39 is 10.0 Å². The van der Waals surface area contributed by atoms with Crippen LogP contribution in [0.1, 0.15) is 12.7 Å². The van der Waals surface area contributed by atoms with E-state index in [-0.39, 0.29) is 24.4 Å². The van der Waals surface area contributed by atoms with Gasteiger partial charge in [0.1, 0.15) is 5.82 Å². The number of ether oxygens (including phenoxy) is 2. The van der Waals surface area contributed by atoms with Crippen LogP contribution in [0.5, 0.6) is 11.5 Å². The molecular formula is C16H21N3O5S. The molecule has 0 atom stereocenters. The Balaban J connectivity index is 2.11. The summed E-state index contributed by atoms with van der Waals surface area (Å²) < 4.78 is 37.8. The molecule has 0 unspecified atom stereocenters. The van der Waals surface area contributed by atoms with Gasteiger partial charge in [0, 0.05) is 32.1 Å². The largest absolute Gasteiger partial charge is 0.493 e. The van der Waals surface area contributed by atoms with Crippen LogP contribution in [0.2, 0.25) is 0 Å². The molecule has 1 aromatic carbocycles. The molecule has 1 aliphatic rings. The Morgan fingerprint density at radius 1 is 1.12 bits per heavy atom. The molecule has 0 aliphatic carbocycles. The van der Waals surface area contributed by atoms with Crippen molar-refractivity contribution in [2.24, 2.45) is 0 Å². The molecule has 8 nitrogen and oxygen atoms in total. The second kappa shape index (κ2) is 6.64. The average Bonchev–Trinajstić information content (AvgIpc) is 2.84. The molecule has 0 bridgehead atoms. The molecule has 9 heteroatoms. The van der Waals surface area contributed by atoms with Crippen molar-refractivity contribution >= 4 is 20.9 Å². The van der Waals surface area contributed by atoms with Crippen molar-refractivity contribution in [2.45, 2.75) is 19.9 Å². The predicted molar refractivity (Wildman–Crippen MR) is 93.8 cm³/mol. The smallest absolute Gasteiger partial charge is 0.261 e. The van der Waals surface area contributed by atoms with Crippen molar-refractivity contribution in [3.8, 4) is 11.5 Å². The van der Waals surface area contributed by atoms with E-state index in [1.807, 2.05) is 0 Å². The molecule has 0 radical (unpaired) electrons. The lowest BCUT2D eigenvalue weighted by atomic mass is 10.2. The van der Waals surface area contributed by atoms with E-state index in [1.54, 1.807) is 23.6 Å². The Kier molecular flexibility index (Phi) is 4.70. The van der Waals surface area contributed by atoms with Gasteiger partial charge >= 0.3 is 0 Å². The van der Waals surface area contributed by atoms with Crippen molar-refractivity contribution in [2.75, 3.05) is 33.1 Å². The summed E-state index contributed by atoms with van der Waals surface area (Å²) in [6, 6.07) is 3.28. The number of benzene rings is 1. The number of rotatable bonds is 4. The highest BCUT2D eigenvalue weighted by molar-refractivity contribution is 7.89. The van der Waals surface area contributed by atoms with Crippen LogP contribution in [0.15, 0.2) is 16.9 Å². The SMILES string of the molecule is CCS(=O)(=O)N1CCc2nc3cc(OC)c(OC)cc3c(=O)n2CC1. The Hall–Kier alpha value is -2.13. The summed E-state index contributed by atoms with van der Waals surface area (Å²) >= 11 is 0. The molecule has 0 saturated carbocycles. The van der Waals surface area contributed by atoms with Crippen LogP contribution in [-0.4, -0.2) is 55.3 Å². The summed E-state index contributed by atoms with van der Waals surface area (Å²) in [5.41, 5.74) is 0.317. The molecule has 1 aromatic heterocycles. The Morgan fingerprint density at radius 2 is 1.80 bits per heavy atom. The van der Waals surface area contributed by atoms with Crippen LogP contribution >= 0.6 is 0 Å². The Bertz CT molecular complexity index is 968. The summed E-state index contributed by atoms with van der Waals surface area (Å²) in [4.78, 5) is 17.4. The molecule has 2 aromatic rings. The second-order valence-corrected chi connectivity index (χ2v) is 8.02. The first-order valence-corrected chi connectivity index (χ1v) is 9.65. The van der Waals surface area contributed by atoms with Gasteiger partial charge < -0.3 is 9.47 Å². The van der Waals surface area contributed by atoms with Crippen molar-refractivity contribution in [3.05, 3.63) is 28.3 Å². The maximum atomic E-state index is 12.9. The fraction of sp³-hybridized carbons (Fsp3) is 0.500. The van der Waals surface area contributed by atoms with Gasteiger partial charge in [-0.1, -0.05) is 0 Å². The van der Waals surface area contributed by atoms with Crippen LogP contribution in [0.3, 0.4) is 0 Å². The third-order valence-electron chi connectivity index (χ3n) is 4.45. The minimum Gasteiger partial charge on any atom is -0.493 e. The first-order chi connectivity index (χ1) is 11.9. The van der Waals surface area contributed by atoms with Crippen molar-refractivity contribution < 1.29 is 17.9 Å². The van der Waals surface area contributed by atoms with E-state index >= 15 is 0 Å². The fourth-order valence-electron chi connectivity index (χ4n) is 3.02. The van der Waals surface area contributed by atoms with E-state index in [4.69, 9.17) is 9.47 Å². The molecule has 2 heterocycles. The van der Waals surface area contributed by atoms with Crippen LogP contribution in [0, 0.1) is 0 Å². The highest BCUT2D eigenvalue weighted by Gasteiger charge is 2.25. The van der Waals surface area contributed by atoms with Gasteiger partial charge in [-0.05, 0) is 13.0 Å². The van der Waals surface area contributed by atoms with E-state index in [0.717, 1.165) is 0 Å². The summed E-state index contributed by atoms with van der Waals surface area (Å²) in [5.74, 6) is 1.58. The summed E-state index contributed by atoms with van der Waals surface area (Å²) in [6.07, 6.45) is 0.388. The molecule has 1 aliphatic heterocycles. The number of hydrogen-bond acceptors (Lipinski definition) is 6. The van der Waals surface area contributed by atoms with Gasteiger partial charge in [0.2, 0.25) is 10.0 Å². The van der Waals surface area contributed by atoms with Gasteiger partial charge in [0.15, 0.2) is 11.5 Å². The Labute approximate surface area is 146 Å². The first-order valence-electron chi connectivity index (χ1n) is 8.04. The molecule has 25 heavy (non-hydrogen) atoms. The number of methoxy groups -OCH3 is 2. The number of sulfonamides is 1. The average molecular weight is 367 g/mol. The quantitative estimate of drug-likeness (QED) is 0.787. The lowest BCUT2D eigenvalue weighted by Crippen LogP contribution is -2.35. The Morgan fingerprint density at radius 3 is 2.44 bits per heavy atom. The highest BCUT2D eigenvalue weighted by Crippen LogP contribution is 2.30. The first kappa shape index (κ1) is 17.7. The van der Waals surface area contributed by atoms with Gasteiger partial charge in [-0.25, -0.2) is 13.4 Å². The molecule has 0 N–H and O–H groups in total. The van der Waals surface area contributed by atoms with E-state index in [1.165, 1.54) is 18.5 Å². The van der Waals surface area contributed by atoms with E-state index in [9.17, 15) is 13.2 Å². The van der Waals surface area contributed by atoms with Gasteiger partial charge in [-0.2, -0.15) is 4.31 Å². The van der Waals surface area contributed by atoms with E-state index in [0.29, 0.717) is 41.2 Å². The molecule has 0 saturated heterocycles. The number of fused-ring (bicyclic) bond motifs is 2. The zero-order valence-corrected chi connectivity index (χ0v) is 15.3. The topological polar surface area (TPSA) is 90.7 Å². The van der Waals surface area contributed by atoms with Gasteiger partial charge in [-0.3, -0.25) is 9.36 Å². The van der Waals surface area contributed by atoms with Crippen molar-refractivity contribution in [1.29, 1.82) is 0 Å². The molecule has 0 amide bonds. The molecule has 136 valence electrons. The fourth-order valence-corrected chi connectivity index (χ4v) is 4.12. The third-order valence-corrected chi connectivity index (χ3v) is 6.34. The van der Waals surface area contributed by atoms with E-state index in [2.05, 4.69) is 4.98 Å². The molecule has 0 fully saturated rings. The number of hydrogen-bond donors (Lipinski definition) is 0. The lowest BCUT2D eigenvalue weighted by Gasteiger charge is -2.18. The van der Waals surface area contributed by atoms with Crippen LogP contribution in [-0.2, 0) is 23.0 Å². The molecular weight excluding hydrogens is 346 g/mol. The number of aromatic nitrogens is 2. The highest BCUT2D eigenvalue weighted by atomic mass is 32.2. The monoisotopic (exact) mass is 367 g/mol. The predicted octanol–water partition coefficient (Wildman–Crippen LogP) is 0.622. The minimum absolute atomic E-state index is 0.0437. The summed E-state index contributed by atoms with van der Waals surface area (Å²) in [6.45, 7) is 2.49. The van der Waals surface area contributed by atoms with Crippen molar-refractivity contribution in [3.63, 3.8) is 0 Å². The molecule has 3 rings (SSSR count). The number of nitrogens with zero attached hydrogens (tertiary/aromatic N) is 3. The standard InChI is InChI=1S/C16H21N3O5S/c1-4-25(21,22)18-6-5-15-17-12-10-14(24-3)13(23-2)9-11(12)16(20)19(15)8-7-18/h9-10H,4-8H2,1-3H3. The van der Waals surface area contributed by atoms with Crippen LogP contribution < -0.4 is 15.0 Å². The third kappa shape index (κ3) is 3.09. The maximum Gasteiger partial charge on any atom is 0.261 e. The van der Waals surface area contributed by atoms with Crippen LogP contribution in [0.4, 0.5) is 0 Å². The molecule has 0 spiro atoms.